The molecule has 0 radical (unpaired) electrons. The van der Waals surface area contributed by atoms with E-state index in [4.69, 9.17) is 9.26 Å². The summed E-state index contributed by atoms with van der Waals surface area (Å²) in [6.45, 7) is 6.76. The molecule has 1 aliphatic carbocycles. The lowest BCUT2D eigenvalue weighted by atomic mass is 9.91. The molecule has 0 spiro atoms. The Morgan fingerprint density at radius 1 is 1.12 bits per heavy atom. The summed E-state index contributed by atoms with van der Waals surface area (Å²) in [4.78, 5) is 4.63. The highest BCUT2D eigenvalue weighted by atomic mass is 35.5. The summed E-state index contributed by atoms with van der Waals surface area (Å²) in [6.07, 6.45) is 7.26. The van der Waals surface area contributed by atoms with Crippen LogP contribution in [0.1, 0.15) is 50.3 Å². The summed E-state index contributed by atoms with van der Waals surface area (Å²) in [6, 6.07) is 4.27. The Labute approximate surface area is 205 Å². The number of hydrogen-bond acceptors (Lipinski definition) is 5. The lowest BCUT2D eigenvalue weighted by molar-refractivity contribution is 0.197. The minimum atomic E-state index is 0. The van der Waals surface area contributed by atoms with Crippen molar-refractivity contribution in [2.24, 2.45) is 11.8 Å². The Balaban J connectivity index is 0.00000181. The van der Waals surface area contributed by atoms with E-state index in [2.05, 4.69) is 53.0 Å². The molecule has 1 aliphatic heterocycles. The molecule has 2 heterocycles. The molecule has 32 heavy (non-hydrogen) atoms. The van der Waals surface area contributed by atoms with Crippen LogP contribution in [0.2, 0.25) is 0 Å². The molecule has 0 bridgehead atoms. The lowest BCUT2D eigenvalue weighted by Gasteiger charge is -2.30. The van der Waals surface area contributed by atoms with Gasteiger partial charge in [0.05, 0.1) is 24.4 Å². The quantitative estimate of drug-likeness (QED) is 0.460. The average Bonchev–Trinajstić information content (AvgIpc) is 3.48. The van der Waals surface area contributed by atoms with Gasteiger partial charge in [-0.15, -0.1) is 30.7 Å². The summed E-state index contributed by atoms with van der Waals surface area (Å²) in [7, 11) is 4.17. The summed E-state index contributed by atoms with van der Waals surface area (Å²) < 4.78 is 12.0. The smallest absolute Gasteiger partial charge is 0.175 e. The summed E-state index contributed by atoms with van der Waals surface area (Å²) >= 11 is 0. The molecule has 1 saturated carbocycles. The minimum absolute atomic E-state index is 0. The van der Waals surface area contributed by atoms with Crippen LogP contribution in [0.3, 0.4) is 0 Å². The first-order chi connectivity index (χ1) is 14.6. The van der Waals surface area contributed by atoms with Gasteiger partial charge in [-0.3, -0.25) is 4.90 Å². The van der Waals surface area contributed by atoms with E-state index in [0.29, 0.717) is 0 Å². The Kier molecular flexibility index (Phi) is 10.6. The zero-order valence-corrected chi connectivity index (χ0v) is 21.2. The molecule has 2 fully saturated rings. The number of halogens is 2. The molecule has 7 heteroatoms. The fourth-order valence-corrected chi connectivity index (χ4v) is 4.33. The molecule has 0 atom stereocenters. The molecular weight excluding hydrogens is 445 g/mol. The standard InChI is InChI=1S/C25H35N3O2.2ClH/c1-4-5-14-28-15-12-19(13-16-28)8-10-23-21-9-11-24(29-18-20-6-7-20)22(17-27(2)3)25(21)30-26-23;;/h9,11,19-20H,6-8,10,12-18H2,1-3H3;2*1H. The van der Waals surface area contributed by atoms with Gasteiger partial charge in [-0.25, -0.2) is 0 Å². The van der Waals surface area contributed by atoms with E-state index >= 15 is 0 Å². The van der Waals surface area contributed by atoms with Crippen molar-refractivity contribution in [1.82, 2.24) is 15.0 Å². The fraction of sp³-hybridized carbons (Fsp3) is 0.640. The lowest BCUT2D eigenvalue weighted by Crippen LogP contribution is -2.34. The molecular formula is C25H37Cl2N3O2. The van der Waals surface area contributed by atoms with E-state index in [1.807, 2.05) is 6.92 Å². The van der Waals surface area contributed by atoms with Crippen LogP contribution in [0.4, 0.5) is 0 Å². The van der Waals surface area contributed by atoms with Gasteiger partial charge in [-0.2, -0.15) is 0 Å². The Morgan fingerprint density at radius 2 is 1.88 bits per heavy atom. The van der Waals surface area contributed by atoms with Crippen LogP contribution in [-0.4, -0.2) is 55.3 Å². The molecule has 1 aromatic carbocycles. The number of rotatable bonds is 9. The van der Waals surface area contributed by atoms with Gasteiger partial charge in [0.15, 0.2) is 5.58 Å². The molecule has 1 saturated heterocycles. The van der Waals surface area contributed by atoms with Gasteiger partial charge in [0.1, 0.15) is 5.75 Å². The third kappa shape index (κ3) is 7.02. The number of aromatic nitrogens is 1. The molecule has 2 aliphatic rings. The van der Waals surface area contributed by atoms with Crippen LogP contribution >= 0.6 is 24.8 Å². The first-order valence-electron chi connectivity index (χ1n) is 11.4. The van der Waals surface area contributed by atoms with Crippen molar-refractivity contribution in [3.05, 3.63) is 23.4 Å². The van der Waals surface area contributed by atoms with Gasteiger partial charge in [-0.1, -0.05) is 11.1 Å². The molecule has 0 unspecified atom stereocenters. The van der Waals surface area contributed by atoms with Crippen molar-refractivity contribution in [3.8, 4) is 17.6 Å². The first-order valence-corrected chi connectivity index (χ1v) is 11.4. The van der Waals surface area contributed by atoms with Crippen LogP contribution in [0.15, 0.2) is 16.7 Å². The van der Waals surface area contributed by atoms with Crippen LogP contribution < -0.4 is 4.74 Å². The zero-order valence-electron chi connectivity index (χ0n) is 19.6. The highest BCUT2D eigenvalue weighted by Gasteiger charge is 2.24. The predicted octanol–water partition coefficient (Wildman–Crippen LogP) is 5.19. The summed E-state index contributed by atoms with van der Waals surface area (Å²) in [5.74, 6) is 8.65. The summed E-state index contributed by atoms with van der Waals surface area (Å²) in [5.41, 5.74) is 3.13. The molecule has 178 valence electrons. The largest absolute Gasteiger partial charge is 0.493 e. The number of nitrogens with zero attached hydrogens (tertiary/aromatic N) is 3. The Morgan fingerprint density at radius 3 is 2.53 bits per heavy atom. The maximum atomic E-state index is 6.14. The molecule has 0 amide bonds. The Hall–Kier alpha value is -1.45. The second-order valence-electron chi connectivity index (χ2n) is 9.23. The van der Waals surface area contributed by atoms with E-state index in [-0.39, 0.29) is 24.8 Å². The van der Waals surface area contributed by atoms with Crippen molar-refractivity contribution >= 4 is 35.8 Å². The molecule has 2 aromatic rings. The molecule has 5 nitrogen and oxygen atoms in total. The monoisotopic (exact) mass is 481 g/mol. The number of benzene rings is 1. The maximum absolute atomic E-state index is 6.14. The highest BCUT2D eigenvalue weighted by Crippen LogP contribution is 2.35. The van der Waals surface area contributed by atoms with Crippen molar-refractivity contribution in [1.29, 1.82) is 0 Å². The van der Waals surface area contributed by atoms with Crippen LogP contribution in [0, 0.1) is 23.7 Å². The predicted molar refractivity (Wildman–Crippen MR) is 135 cm³/mol. The number of hydrogen-bond donors (Lipinski definition) is 0. The number of likely N-dealkylation sites (tertiary alicyclic amines) is 1. The van der Waals surface area contributed by atoms with Gasteiger partial charge >= 0.3 is 0 Å². The zero-order chi connectivity index (χ0) is 20.9. The minimum Gasteiger partial charge on any atom is -0.493 e. The topological polar surface area (TPSA) is 41.7 Å². The van der Waals surface area contributed by atoms with E-state index in [1.54, 1.807) is 0 Å². The van der Waals surface area contributed by atoms with Gasteiger partial charge in [0.2, 0.25) is 0 Å². The molecule has 4 rings (SSSR count). The normalized spacial score (nSPS) is 16.9. The van der Waals surface area contributed by atoms with Crippen LogP contribution in [0.5, 0.6) is 5.75 Å². The average molecular weight is 482 g/mol. The Bertz CT molecular complexity index is 907. The van der Waals surface area contributed by atoms with Crippen LogP contribution in [-0.2, 0) is 13.0 Å². The first kappa shape index (κ1) is 26.8. The number of aryl methyl sites for hydroxylation is 1. The third-order valence-electron chi connectivity index (χ3n) is 6.40. The summed E-state index contributed by atoms with van der Waals surface area (Å²) in [5, 5.41) is 5.63. The number of ether oxygens (including phenoxy) is 1. The van der Waals surface area contributed by atoms with E-state index in [9.17, 15) is 0 Å². The van der Waals surface area contributed by atoms with Gasteiger partial charge in [0, 0.05) is 11.9 Å². The third-order valence-corrected chi connectivity index (χ3v) is 6.40. The van der Waals surface area contributed by atoms with Crippen molar-refractivity contribution in [3.63, 3.8) is 0 Å². The number of fused-ring (bicyclic) bond motifs is 1. The van der Waals surface area contributed by atoms with Crippen molar-refractivity contribution < 1.29 is 9.26 Å². The van der Waals surface area contributed by atoms with Gasteiger partial charge in [0.25, 0.3) is 0 Å². The van der Waals surface area contributed by atoms with E-state index < -0.39 is 0 Å². The highest BCUT2D eigenvalue weighted by molar-refractivity contribution is 5.86. The SMILES string of the molecule is CC#CCN1CCC(CCc2noc3c(CN(C)C)c(OCC4CC4)ccc23)CC1.Cl.Cl. The second-order valence-corrected chi connectivity index (χ2v) is 9.23. The fourth-order valence-electron chi connectivity index (χ4n) is 4.33. The van der Waals surface area contributed by atoms with Crippen molar-refractivity contribution in [2.45, 2.75) is 52.0 Å². The molecule has 0 N–H and O–H groups in total. The molecule has 1 aromatic heterocycles. The van der Waals surface area contributed by atoms with E-state index in [0.717, 1.165) is 79.0 Å². The van der Waals surface area contributed by atoms with Gasteiger partial charge in [-0.05, 0) is 96.6 Å². The van der Waals surface area contributed by atoms with Crippen molar-refractivity contribution in [2.75, 3.05) is 40.3 Å². The maximum Gasteiger partial charge on any atom is 0.175 e. The second kappa shape index (κ2) is 12.7. The number of piperidine rings is 1. The van der Waals surface area contributed by atoms with Gasteiger partial charge < -0.3 is 14.2 Å². The van der Waals surface area contributed by atoms with E-state index in [1.165, 1.54) is 32.1 Å². The van der Waals surface area contributed by atoms with Crippen LogP contribution in [0.25, 0.3) is 11.0 Å².